The number of carbonyl (C=O) groups excluding carboxylic acids is 1. The van der Waals surface area contributed by atoms with Crippen molar-refractivity contribution >= 4 is 49.4 Å². The molecule has 0 aliphatic heterocycles. The van der Waals surface area contributed by atoms with Crippen LogP contribution in [0, 0.1) is 35.3 Å². The monoisotopic (exact) mass is 585 g/mol. The van der Waals surface area contributed by atoms with Crippen molar-refractivity contribution in [1.29, 1.82) is 5.26 Å². The Kier molecular flexibility index (Phi) is 8.31. The molecule has 0 spiro atoms. The summed E-state index contributed by atoms with van der Waals surface area (Å²) in [6, 6.07) is 14.9. The summed E-state index contributed by atoms with van der Waals surface area (Å²) >= 11 is 3.25. The maximum absolute atomic E-state index is 12.7. The molecule has 1 amide bonds. The number of hydrogen-bond acceptors (Lipinski definition) is 8. The minimum atomic E-state index is -4.18. The Balaban J connectivity index is 1.93. The number of ether oxygens (including phenoxy) is 1. The third-order valence-electron chi connectivity index (χ3n) is 5.03. The smallest absolute Gasteiger partial charge is 0.339 e. The number of rotatable bonds is 8. The maximum atomic E-state index is 12.7. The molecule has 3 aromatic carbocycles. The molecular weight excluding hydrogens is 566 g/mol. The molecule has 3 aromatic rings. The van der Waals surface area contributed by atoms with Crippen LogP contribution < -0.4 is 14.2 Å². The van der Waals surface area contributed by atoms with E-state index >= 15 is 0 Å². The largest absolute Gasteiger partial charge is 0.493 e. The molecule has 37 heavy (non-hydrogen) atoms. The SMILES string of the molecule is COc1cc(/C=C(\C#N)C(=O)Nc2ccc(C)cc2[N+](=O)[O-])cc(Br)c1OS(=O)(=O)c1ccc(C)cc1. The van der Waals surface area contributed by atoms with E-state index in [1.165, 1.54) is 49.6 Å². The molecule has 0 saturated heterocycles. The molecule has 0 radical (unpaired) electrons. The summed E-state index contributed by atoms with van der Waals surface area (Å²) < 4.78 is 36.3. The van der Waals surface area contributed by atoms with Crippen LogP contribution in [0.15, 0.2) is 69.5 Å². The van der Waals surface area contributed by atoms with Gasteiger partial charge in [0, 0.05) is 6.07 Å². The maximum Gasteiger partial charge on any atom is 0.339 e. The van der Waals surface area contributed by atoms with Gasteiger partial charge in [-0.25, -0.2) is 0 Å². The third kappa shape index (κ3) is 6.52. The van der Waals surface area contributed by atoms with E-state index < -0.39 is 20.9 Å². The first-order chi connectivity index (χ1) is 17.4. The Hall–Kier alpha value is -4.21. The highest BCUT2D eigenvalue weighted by Crippen LogP contribution is 2.39. The molecule has 0 saturated carbocycles. The van der Waals surface area contributed by atoms with E-state index in [1.54, 1.807) is 31.2 Å². The molecule has 0 aliphatic carbocycles. The molecule has 0 fully saturated rings. The highest BCUT2D eigenvalue weighted by atomic mass is 79.9. The normalized spacial score (nSPS) is 11.4. The van der Waals surface area contributed by atoms with Crippen LogP contribution in [0.1, 0.15) is 16.7 Å². The lowest BCUT2D eigenvalue weighted by molar-refractivity contribution is -0.384. The number of hydrogen-bond donors (Lipinski definition) is 1. The number of carbonyl (C=O) groups is 1. The summed E-state index contributed by atoms with van der Waals surface area (Å²) in [5.41, 5.74) is 1.07. The Morgan fingerprint density at radius 1 is 1.11 bits per heavy atom. The first-order valence-corrected chi connectivity index (χ1v) is 12.7. The average molecular weight is 586 g/mol. The van der Waals surface area contributed by atoms with Crippen molar-refractivity contribution in [1.82, 2.24) is 0 Å². The number of benzene rings is 3. The molecule has 0 bridgehead atoms. The van der Waals surface area contributed by atoms with E-state index in [4.69, 9.17) is 8.92 Å². The molecule has 0 heterocycles. The van der Waals surface area contributed by atoms with Crippen molar-refractivity contribution < 1.29 is 27.1 Å². The second-order valence-electron chi connectivity index (χ2n) is 7.79. The number of nitrogens with one attached hydrogen (secondary N) is 1. The van der Waals surface area contributed by atoms with Gasteiger partial charge in [-0.05, 0) is 77.3 Å². The Morgan fingerprint density at radius 3 is 2.35 bits per heavy atom. The molecule has 0 aliphatic rings. The van der Waals surface area contributed by atoms with Crippen molar-refractivity contribution in [3.05, 3.63) is 91.4 Å². The number of amides is 1. The minimum absolute atomic E-state index is 0.0168. The Labute approximate surface area is 221 Å². The fourth-order valence-electron chi connectivity index (χ4n) is 3.17. The summed E-state index contributed by atoms with van der Waals surface area (Å²) in [5.74, 6) is -0.978. The fourth-order valence-corrected chi connectivity index (χ4v) is 4.77. The van der Waals surface area contributed by atoms with Crippen LogP contribution in [0.2, 0.25) is 0 Å². The van der Waals surface area contributed by atoms with Gasteiger partial charge in [-0.1, -0.05) is 23.8 Å². The van der Waals surface area contributed by atoms with Gasteiger partial charge in [0.2, 0.25) is 0 Å². The zero-order valence-corrected chi connectivity index (χ0v) is 22.2. The van der Waals surface area contributed by atoms with E-state index in [1.807, 2.05) is 6.92 Å². The highest BCUT2D eigenvalue weighted by molar-refractivity contribution is 9.10. The van der Waals surface area contributed by atoms with Gasteiger partial charge in [-0.2, -0.15) is 13.7 Å². The van der Waals surface area contributed by atoms with Crippen molar-refractivity contribution in [2.45, 2.75) is 18.7 Å². The van der Waals surface area contributed by atoms with Gasteiger partial charge in [0.15, 0.2) is 11.5 Å². The van der Waals surface area contributed by atoms with E-state index in [9.17, 15) is 28.6 Å². The highest BCUT2D eigenvalue weighted by Gasteiger charge is 2.23. The van der Waals surface area contributed by atoms with E-state index in [0.29, 0.717) is 11.1 Å². The molecule has 3 rings (SSSR count). The van der Waals surface area contributed by atoms with Crippen molar-refractivity contribution in [3.63, 3.8) is 0 Å². The fraction of sp³-hybridized carbons (Fsp3) is 0.120. The van der Waals surface area contributed by atoms with E-state index in [2.05, 4.69) is 21.2 Å². The summed E-state index contributed by atoms with van der Waals surface area (Å²) in [6.07, 6.45) is 1.22. The second kappa shape index (κ2) is 11.2. The van der Waals surface area contributed by atoms with E-state index in [-0.39, 0.29) is 37.8 Å². The molecule has 0 unspecified atom stereocenters. The minimum Gasteiger partial charge on any atom is -0.493 e. The van der Waals surface area contributed by atoms with Gasteiger partial charge in [0.25, 0.3) is 11.6 Å². The summed E-state index contributed by atoms with van der Waals surface area (Å²) in [5, 5.41) is 23.3. The summed E-state index contributed by atoms with van der Waals surface area (Å²) in [6.45, 7) is 3.49. The molecule has 0 atom stereocenters. The number of nitriles is 1. The average Bonchev–Trinajstić information content (AvgIpc) is 2.85. The standard InChI is InChI=1S/C25H20BrN3O7S/c1-15-4-7-19(8-5-15)37(33,34)36-24-20(26)12-17(13-23(24)35-3)11-18(14-27)25(30)28-21-9-6-16(2)10-22(21)29(31)32/h4-13H,1-3H3,(H,28,30)/b18-11+. The lowest BCUT2D eigenvalue weighted by Gasteiger charge is -2.14. The van der Waals surface area contributed by atoms with Crippen molar-refractivity contribution in [3.8, 4) is 17.6 Å². The van der Waals surface area contributed by atoms with Gasteiger partial charge in [-0.3, -0.25) is 14.9 Å². The lowest BCUT2D eigenvalue weighted by Crippen LogP contribution is -2.14. The van der Waals surface area contributed by atoms with Gasteiger partial charge >= 0.3 is 10.1 Å². The third-order valence-corrected chi connectivity index (χ3v) is 6.85. The van der Waals surface area contributed by atoms with Crippen LogP contribution in [-0.4, -0.2) is 26.4 Å². The summed E-state index contributed by atoms with van der Waals surface area (Å²) in [4.78, 5) is 23.4. The number of nitro groups is 1. The van der Waals surface area contributed by atoms with Gasteiger partial charge in [0.05, 0.1) is 16.5 Å². The van der Waals surface area contributed by atoms with Crippen LogP contribution in [0.3, 0.4) is 0 Å². The quantitative estimate of drug-likeness (QED) is 0.123. The Bertz CT molecular complexity index is 1560. The molecule has 1 N–H and O–H groups in total. The molecule has 12 heteroatoms. The first-order valence-electron chi connectivity index (χ1n) is 10.5. The van der Waals surface area contributed by atoms with Crippen LogP contribution in [-0.2, 0) is 14.9 Å². The predicted octanol–water partition coefficient (Wildman–Crippen LogP) is 5.30. The number of anilines is 1. The van der Waals surface area contributed by atoms with E-state index in [0.717, 1.165) is 5.56 Å². The molecule has 0 aromatic heterocycles. The second-order valence-corrected chi connectivity index (χ2v) is 10.2. The summed E-state index contributed by atoms with van der Waals surface area (Å²) in [7, 11) is -2.88. The number of nitro benzene ring substituents is 1. The van der Waals surface area contributed by atoms with Crippen molar-refractivity contribution in [2.24, 2.45) is 0 Å². The van der Waals surface area contributed by atoms with Crippen LogP contribution >= 0.6 is 15.9 Å². The van der Waals surface area contributed by atoms with Gasteiger partial charge in [0.1, 0.15) is 22.2 Å². The van der Waals surface area contributed by atoms with Crippen LogP contribution in [0.25, 0.3) is 6.08 Å². The molecular formula is C25H20BrN3O7S. The van der Waals surface area contributed by atoms with Gasteiger partial charge in [-0.15, -0.1) is 0 Å². The number of halogens is 1. The topological polar surface area (TPSA) is 149 Å². The zero-order chi connectivity index (χ0) is 27.3. The van der Waals surface area contributed by atoms with Crippen LogP contribution in [0.5, 0.6) is 11.5 Å². The lowest BCUT2D eigenvalue weighted by atomic mass is 10.1. The van der Waals surface area contributed by atoms with Gasteiger partial charge < -0.3 is 14.2 Å². The number of nitrogens with zero attached hydrogens (tertiary/aromatic N) is 2. The first kappa shape index (κ1) is 27.4. The molecule has 10 nitrogen and oxygen atoms in total. The Morgan fingerprint density at radius 2 is 1.76 bits per heavy atom. The number of aryl methyl sites for hydroxylation is 2. The number of methoxy groups -OCH3 is 1. The van der Waals surface area contributed by atoms with Crippen LogP contribution in [0.4, 0.5) is 11.4 Å². The molecule has 190 valence electrons. The predicted molar refractivity (Wildman–Crippen MR) is 140 cm³/mol. The van der Waals surface area contributed by atoms with Crippen molar-refractivity contribution in [2.75, 3.05) is 12.4 Å². The zero-order valence-electron chi connectivity index (χ0n) is 19.8.